The summed E-state index contributed by atoms with van der Waals surface area (Å²) in [4.78, 5) is 0. The Labute approximate surface area is 111 Å². The molecule has 0 saturated heterocycles. The van der Waals surface area contributed by atoms with Crippen LogP contribution in [0, 0.1) is 13.8 Å². The molecule has 0 heterocycles. The van der Waals surface area contributed by atoms with Gasteiger partial charge in [-0.2, -0.15) is 0 Å². The van der Waals surface area contributed by atoms with E-state index in [0.29, 0.717) is 0 Å². The summed E-state index contributed by atoms with van der Waals surface area (Å²) in [6.45, 7) is 5.03. The Balaban J connectivity index is 2.04. The van der Waals surface area contributed by atoms with E-state index in [2.05, 4.69) is 77.6 Å². The molecule has 0 spiro atoms. The van der Waals surface area contributed by atoms with Gasteiger partial charge in [0, 0.05) is 16.7 Å². The summed E-state index contributed by atoms with van der Waals surface area (Å²) in [5, 5.41) is 3.42. The van der Waals surface area contributed by atoms with Gasteiger partial charge in [-0.05, 0) is 43.2 Å². The quantitative estimate of drug-likeness (QED) is 0.865. The molecule has 0 saturated carbocycles. The van der Waals surface area contributed by atoms with Crippen molar-refractivity contribution in [1.82, 2.24) is 0 Å². The Kier molecular flexibility index (Phi) is 3.85. The van der Waals surface area contributed by atoms with Crippen LogP contribution in [0.3, 0.4) is 0 Å². The zero-order valence-corrected chi connectivity index (χ0v) is 11.7. The van der Waals surface area contributed by atoms with Crippen LogP contribution >= 0.6 is 15.9 Å². The summed E-state index contributed by atoms with van der Waals surface area (Å²) in [6.07, 6.45) is 0. The number of hydrogen-bond donors (Lipinski definition) is 1. The van der Waals surface area contributed by atoms with E-state index in [1.165, 1.54) is 16.7 Å². The van der Waals surface area contributed by atoms with Crippen molar-refractivity contribution < 1.29 is 0 Å². The van der Waals surface area contributed by atoms with Gasteiger partial charge in [-0.25, -0.2) is 0 Å². The molecule has 0 aliphatic rings. The Morgan fingerprint density at radius 3 is 2.24 bits per heavy atom. The third-order valence-corrected chi connectivity index (χ3v) is 3.48. The summed E-state index contributed by atoms with van der Waals surface area (Å²) < 4.78 is 1.16. The van der Waals surface area contributed by atoms with E-state index in [-0.39, 0.29) is 0 Å². The van der Waals surface area contributed by atoms with Crippen molar-refractivity contribution in [2.75, 3.05) is 5.32 Å². The van der Waals surface area contributed by atoms with Gasteiger partial charge in [0.05, 0.1) is 0 Å². The van der Waals surface area contributed by atoms with Gasteiger partial charge in [-0.1, -0.05) is 45.8 Å². The van der Waals surface area contributed by atoms with Gasteiger partial charge in [0.2, 0.25) is 0 Å². The highest BCUT2D eigenvalue weighted by atomic mass is 79.9. The normalized spacial score (nSPS) is 10.3. The van der Waals surface area contributed by atoms with E-state index in [0.717, 1.165) is 16.7 Å². The van der Waals surface area contributed by atoms with Crippen molar-refractivity contribution in [3.05, 3.63) is 63.6 Å². The fourth-order valence-electron chi connectivity index (χ4n) is 1.66. The monoisotopic (exact) mass is 289 g/mol. The summed E-state index contributed by atoms with van der Waals surface area (Å²) in [7, 11) is 0. The van der Waals surface area contributed by atoms with Crippen LogP contribution in [0.2, 0.25) is 0 Å². The Morgan fingerprint density at radius 2 is 1.59 bits per heavy atom. The van der Waals surface area contributed by atoms with E-state index in [1.54, 1.807) is 0 Å². The smallest absolute Gasteiger partial charge is 0.0411 e. The Hall–Kier alpha value is -1.28. The van der Waals surface area contributed by atoms with Crippen molar-refractivity contribution in [3.8, 4) is 0 Å². The maximum absolute atomic E-state index is 3.59. The highest BCUT2D eigenvalue weighted by Gasteiger charge is 1.99. The van der Waals surface area contributed by atoms with Gasteiger partial charge in [0.25, 0.3) is 0 Å². The maximum atomic E-state index is 3.59. The van der Waals surface area contributed by atoms with Crippen LogP contribution in [0.15, 0.2) is 46.9 Å². The van der Waals surface area contributed by atoms with Gasteiger partial charge in [0.15, 0.2) is 0 Å². The second-order valence-electron chi connectivity index (χ2n) is 4.31. The Bertz CT molecular complexity index is 503. The zero-order valence-electron chi connectivity index (χ0n) is 10.1. The first kappa shape index (κ1) is 12.2. The zero-order chi connectivity index (χ0) is 12.3. The largest absolute Gasteiger partial charge is 0.381 e. The minimum absolute atomic E-state index is 0.837. The molecular weight excluding hydrogens is 274 g/mol. The molecule has 0 radical (unpaired) electrons. The van der Waals surface area contributed by atoms with E-state index in [1.807, 2.05) is 0 Å². The fraction of sp³-hybridized carbons (Fsp3) is 0.200. The molecular formula is C15H16BrN. The lowest BCUT2D eigenvalue weighted by atomic mass is 10.1. The maximum Gasteiger partial charge on any atom is 0.0411 e. The summed E-state index contributed by atoms with van der Waals surface area (Å²) in [5.41, 5.74) is 4.99. The van der Waals surface area contributed by atoms with Crippen molar-refractivity contribution >= 4 is 21.6 Å². The minimum atomic E-state index is 0.837. The molecule has 1 nitrogen and oxygen atoms in total. The standard InChI is InChI=1S/C15H16BrN/c1-11-4-7-14(8-5-11)17-10-13-6-3-12(2)9-15(13)16/h3-9,17H,10H2,1-2H3. The summed E-state index contributed by atoms with van der Waals surface area (Å²) >= 11 is 3.59. The third kappa shape index (κ3) is 3.34. The molecule has 0 aromatic heterocycles. The van der Waals surface area contributed by atoms with Crippen LogP contribution in [0.25, 0.3) is 0 Å². The third-order valence-electron chi connectivity index (χ3n) is 2.74. The highest BCUT2D eigenvalue weighted by Crippen LogP contribution is 2.19. The first-order valence-corrected chi connectivity index (χ1v) is 6.50. The molecule has 1 N–H and O–H groups in total. The molecule has 0 atom stereocenters. The van der Waals surface area contributed by atoms with Gasteiger partial charge in [-0.3, -0.25) is 0 Å². The van der Waals surface area contributed by atoms with Gasteiger partial charge in [-0.15, -0.1) is 0 Å². The highest BCUT2D eigenvalue weighted by molar-refractivity contribution is 9.10. The van der Waals surface area contributed by atoms with Crippen LogP contribution in [-0.4, -0.2) is 0 Å². The number of benzene rings is 2. The molecule has 2 aromatic rings. The SMILES string of the molecule is Cc1ccc(NCc2ccc(C)cc2Br)cc1. The fourth-order valence-corrected chi connectivity index (χ4v) is 2.30. The molecule has 0 bridgehead atoms. The van der Waals surface area contributed by atoms with Crippen molar-refractivity contribution in [1.29, 1.82) is 0 Å². The second kappa shape index (κ2) is 5.37. The van der Waals surface area contributed by atoms with Crippen molar-refractivity contribution in [2.45, 2.75) is 20.4 Å². The lowest BCUT2D eigenvalue weighted by Gasteiger charge is -2.09. The van der Waals surface area contributed by atoms with E-state index in [4.69, 9.17) is 0 Å². The molecule has 0 unspecified atom stereocenters. The van der Waals surface area contributed by atoms with E-state index in [9.17, 15) is 0 Å². The van der Waals surface area contributed by atoms with Gasteiger partial charge < -0.3 is 5.32 Å². The van der Waals surface area contributed by atoms with Crippen LogP contribution in [0.4, 0.5) is 5.69 Å². The second-order valence-corrected chi connectivity index (χ2v) is 5.17. The van der Waals surface area contributed by atoms with Gasteiger partial charge >= 0.3 is 0 Å². The molecule has 17 heavy (non-hydrogen) atoms. The Morgan fingerprint density at radius 1 is 0.941 bits per heavy atom. The first-order chi connectivity index (χ1) is 8.15. The summed E-state index contributed by atoms with van der Waals surface area (Å²) in [6, 6.07) is 14.9. The predicted molar refractivity (Wildman–Crippen MR) is 77.4 cm³/mol. The molecule has 2 heteroatoms. The number of halogens is 1. The number of rotatable bonds is 3. The molecule has 2 aromatic carbocycles. The molecule has 0 amide bonds. The van der Waals surface area contributed by atoms with Crippen molar-refractivity contribution in [3.63, 3.8) is 0 Å². The lowest BCUT2D eigenvalue weighted by molar-refractivity contribution is 1.13. The number of hydrogen-bond acceptors (Lipinski definition) is 1. The van der Waals surface area contributed by atoms with Crippen LogP contribution in [-0.2, 0) is 6.54 Å². The molecule has 2 rings (SSSR count). The average molecular weight is 290 g/mol. The van der Waals surface area contributed by atoms with E-state index >= 15 is 0 Å². The number of aryl methyl sites for hydroxylation is 2. The first-order valence-electron chi connectivity index (χ1n) is 5.71. The molecule has 88 valence electrons. The van der Waals surface area contributed by atoms with Crippen molar-refractivity contribution in [2.24, 2.45) is 0 Å². The average Bonchev–Trinajstić information content (AvgIpc) is 2.30. The molecule has 0 aliphatic heterocycles. The molecule has 0 fully saturated rings. The summed E-state index contributed by atoms with van der Waals surface area (Å²) in [5.74, 6) is 0. The number of anilines is 1. The predicted octanol–water partition coefficient (Wildman–Crippen LogP) is 4.68. The lowest BCUT2D eigenvalue weighted by Crippen LogP contribution is -2.00. The van der Waals surface area contributed by atoms with Gasteiger partial charge in [0.1, 0.15) is 0 Å². The minimum Gasteiger partial charge on any atom is -0.381 e. The van der Waals surface area contributed by atoms with E-state index < -0.39 is 0 Å². The molecule has 0 aliphatic carbocycles. The van der Waals surface area contributed by atoms with Crippen LogP contribution < -0.4 is 5.32 Å². The van der Waals surface area contributed by atoms with Crippen LogP contribution in [0.1, 0.15) is 16.7 Å². The topological polar surface area (TPSA) is 12.0 Å². The van der Waals surface area contributed by atoms with Crippen LogP contribution in [0.5, 0.6) is 0 Å². The number of nitrogens with one attached hydrogen (secondary N) is 1.